The third-order valence-electron chi connectivity index (χ3n) is 3.00. The number of hydrogen-bond acceptors (Lipinski definition) is 4. The smallest absolute Gasteiger partial charge is 0.251 e. The van der Waals surface area contributed by atoms with Crippen LogP contribution >= 0.6 is 0 Å². The quantitative estimate of drug-likeness (QED) is 0.730. The standard InChI is InChI=1S/C14H21NO4/c1-9(2)11(6-7-16)15-14(18)10-4-5-13(19-3)12(17)8-10/h4-5,8-9,11,16-17H,6-7H2,1-3H3,(H,15,18). The Morgan fingerprint density at radius 1 is 1.42 bits per heavy atom. The minimum atomic E-state index is -0.273. The molecular formula is C14H21NO4. The van der Waals surface area contributed by atoms with Gasteiger partial charge in [0.25, 0.3) is 5.91 Å². The molecule has 0 aliphatic rings. The SMILES string of the molecule is COc1ccc(C(=O)NC(CCO)C(C)C)cc1O. The average Bonchev–Trinajstić information content (AvgIpc) is 2.37. The zero-order valence-electron chi connectivity index (χ0n) is 11.5. The first-order chi connectivity index (χ1) is 8.99. The normalized spacial score (nSPS) is 12.3. The average molecular weight is 267 g/mol. The summed E-state index contributed by atoms with van der Waals surface area (Å²) in [6, 6.07) is 4.40. The molecule has 0 heterocycles. The first-order valence-electron chi connectivity index (χ1n) is 6.28. The highest BCUT2D eigenvalue weighted by Gasteiger charge is 2.17. The minimum absolute atomic E-state index is 0.0248. The van der Waals surface area contributed by atoms with E-state index in [4.69, 9.17) is 9.84 Å². The Morgan fingerprint density at radius 2 is 2.11 bits per heavy atom. The van der Waals surface area contributed by atoms with E-state index in [2.05, 4.69) is 5.32 Å². The molecule has 3 N–H and O–H groups in total. The predicted molar refractivity (Wildman–Crippen MR) is 72.5 cm³/mol. The van der Waals surface area contributed by atoms with Gasteiger partial charge in [0.15, 0.2) is 11.5 Å². The van der Waals surface area contributed by atoms with Crippen molar-refractivity contribution in [2.24, 2.45) is 5.92 Å². The van der Waals surface area contributed by atoms with Crippen LogP contribution in [0, 0.1) is 5.92 Å². The molecule has 19 heavy (non-hydrogen) atoms. The van der Waals surface area contributed by atoms with Crippen molar-refractivity contribution in [3.05, 3.63) is 23.8 Å². The number of carbonyl (C=O) groups excluding carboxylic acids is 1. The number of nitrogens with one attached hydrogen (secondary N) is 1. The maximum absolute atomic E-state index is 12.0. The Balaban J connectivity index is 2.79. The summed E-state index contributed by atoms with van der Waals surface area (Å²) in [5.74, 6) is 0.207. The molecule has 1 aromatic rings. The lowest BCUT2D eigenvalue weighted by Crippen LogP contribution is -2.39. The monoisotopic (exact) mass is 267 g/mol. The zero-order valence-corrected chi connectivity index (χ0v) is 11.5. The largest absolute Gasteiger partial charge is 0.504 e. The van der Waals surface area contributed by atoms with Gasteiger partial charge in [0, 0.05) is 18.2 Å². The summed E-state index contributed by atoms with van der Waals surface area (Å²) < 4.78 is 4.92. The molecular weight excluding hydrogens is 246 g/mol. The fraction of sp³-hybridized carbons (Fsp3) is 0.500. The summed E-state index contributed by atoms with van der Waals surface area (Å²) in [4.78, 5) is 12.0. The van der Waals surface area contributed by atoms with E-state index in [1.807, 2.05) is 13.8 Å². The molecule has 0 bridgehead atoms. The molecule has 0 aromatic heterocycles. The fourth-order valence-electron chi connectivity index (χ4n) is 1.79. The lowest BCUT2D eigenvalue weighted by atomic mass is 10.0. The fourth-order valence-corrected chi connectivity index (χ4v) is 1.79. The summed E-state index contributed by atoms with van der Waals surface area (Å²) in [5, 5.41) is 21.5. The van der Waals surface area contributed by atoms with Crippen LogP contribution in [0.15, 0.2) is 18.2 Å². The highest BCUT2D eigenvalue weighted by Crippen LogP contribution is 2.26. The van der Waals surface area contributed by atoms with Crippen molar-refractivity contribution in [2.75, 3.05) is 13.7 Å². The van der Waals surface area contributed by atoms with E-state index in [1.165, 1.54) is 13.2 Å². The highest BCUT2D eigenvalue weighted by molar-refractivity contribution is 5.95. The molecule has 0 spiro atoms. The van der Waals surface area contributed by atoms with Gasteiger partial charge in [-0.25, -0.2) is 0 Å². The van der Waals surface area contributed by atoms with Crippen LogP contribution in [0.1, 0.15) is 30.6 Å². The van der Waals surface area contributed by atoms with Gasteiger partial charge in [-0.05, 0) is 30.5 Å². The van der Waals surface area contributed by atoms with Gasteiger partial charge in [-0.15, -0.1) is 0 Å². The van der Waals surface area contributed by atoms with Gasteiger partial charge in [-0.3, -0.25) is 4.79 Å². The molecule has 0 fully saturated rings. The number of phenols is 1. The zero-order chi connectivity index (χ0) is 14.4. The van der Waals surface area contributed by atoms with Crippen LogP contribution in [0.5, 0.6) is 11.5 Å². The van der Waals surface area contributed by atoms with Gasteiger partial charge in [0.1, 0.15) is 0 Å². The molecule has 1 aromatic carbocycles. The molecule has 0 saturated heterocycles. The summed E-state index contributed by atoms with van der Waals surface area (Å²) in [6.07, 6.45) is 0.505. The second-order valence-electron chi connectivity index (χ2n) is 4.72. The van der Waals surface area contributed by atoms with Crippen LogP contribution in [0.25, 0.3) is 0 Å². The maximum atomic E-state index is 12.0. The van der Waals surface area contributed by atoms with Crippen molar-refractivity contribution >= 4 is 5.91 Å². The highest BCUT2D eigenvalue weighted by atomic mass is 16.5. The van der Waals surface area contributed by atoms with E-state index in [0.717, 1.165) is 0 Å². The van der Waals surface area contributed by atoms with Gasteiger partial charge in [-0.2, -0.15) is 0 Å². The topological polar surface area (TPSA) is 78.8 Å². The number of hydrogen-bond donors (Lipinski definition) is 3. The van der Waals surface area contributed by atoms with Crippen molar-refractivity contribution < 1.29 is 19.7 Å². The molecule has 0 saturated carbocycles. The second kappa shape index (κ2) is 6.99. The summed E-state index contributed by atoms with van der Waals surface area (Å²) in [5.41, 5.74) is 0.363. The van der Waals surface area contributed by atoms with E-state index >= 15 is 0 Å². The molecule has 0 aliphatic carbocycles. The number of carbonyl (C=O) groups is 1. The maximum Gasteiger partial charge on any atom is 0.251 e. The van der Waals surface area contributed by atoms with Gasteiger partial charge in [0.2, 0.25) is 0 Å². The molecule has 106 valence electrons. The molecule has 0 aliphatic heterocycles. The number of aliphatic hydroxyl groups is 1. The first kappa shape index (κ1) is 15.3. The molecule has 0 radical (unpaired) electrons. The molecule has 1 atom stereocenters. The molecule has 1 rings (SSSR count). The Kier molecular flexibility index (Phi) is 5.63. The Morgan fingerprint density at radius 3 is 2.58 bits per heavy atom. The van der Waals surface area contributed by atoms with Crippen molar-refractivity contribution in [3.63, 3.8) is 0 Å². The van der Waals surface area contributed by atoms with Crippen LogP contribution in [-0.2, 0) is 0 Å². The number of aromatic hydroxyl groups is 1. The lowest BCUT2D eigenvalue weighted by molar-refractivity contribution is 0.0916. The third-order valence-corrected chi connectivity index (χ3v) is 3.00. The predicted octanol–water partition coefficient (Wildman–Crippen LogP) is 1.54. The van der Waals surface area contributed by atoms with Crippen molar-refractivity contribution in [1.82, 2.24) is 5.32 Å². The summed E-state index contributed by atoms with van der Waals surface area (Å²) >= 11 is 0. The molecule has 1 amide bonds. The number of aliphatic hydroxyl groups excluding tert-OH is 1. The van der Waals surface area contributed by atoms with E-state index in [9.17, 15) is 9.90 Å². The molecule has 5 nitrogen and oxygen atoms in total. The van der Waals surface area contributed by atoms with Crippen LogP contribution in [0.4, 0.5) is 0 Å². The summed E-state index contributed by atoms with van der Waals surface area (Å²) in [6.45, 7) is 3.98. The number of benzene rings is 1. The van der Waals surface area contributed by atoms with Crippen molar-refractivity contribution in [1.29, 1.82) is 0 Å². The number of phenolic OH excluding ortho intramolecular Hbond substituents is 1. The van der Waals surface area contributed by atoms with Crippen LogP contribution in [-0.4, -0.2) is 35.9 Å². The van der Waals surface area contributed by atoms with Gasteiger partial charge in [0.05, 0.1) is 7.11 Å². The van der Waals surface area contributed by atoms with Gasteiger partial charge in [-0.1, -0.05) is 13.8 Å². The van der Waals surface area contributed by atoms with Crippen LogP contribution < -0.4 is 10.1 Å². The Bertz CT molecular complexity index is 431. The Hall–Kier alpha value is -1.75. The van der Waals surface area contributed by atoms with E-state index in [-0.39, 0.29) is 30.2 Å². The minimum Gasteiger partial charge on any atom is -0.504 e. The van der Waals surface area contributed by atoms with Crippen molar-refractivity contribution in [2.45, 2.75) is 26.3 Å². The van der Waals surface area contributed by atoms with Crippen LogP contribution in [0.3, 0.4) is 0 Å². The summed E-state index contributed by atoms with van der Waals surface area (Å²) in [7, 11) is 1.45. The Labute approximate surface area is 113 Å². The number of ether oxygens (including phenoxy) is 1. The van der Waals surface area contributed by atoms with Gasteiger partial charge < -0.3 is 20.3 Å². The second-order valence-corrected chi connectivity index (χ2v) is 4.72. The van der Waals surface area contributed by atoms with Crippen LogP contribution in [0.2, 0.25) is 0 Å². The van der Waals surface area contributed by atoms with Gasteiger partial charge >= 0.3 is 0 Å². The van der Waals surface area contributed by atoms with E-state index in [0.29, 0.717) is 17.7 Å². The van der Waals surface area contributed by atoms with E-state index in [1.54, 1.807) is 12.1 Å². The van der Waals surface area contributed by atoms with E-state index < -0.39 is 0 Å². The number of amides is 1. The molecule has 5 heteroatoms. The number of methoxy groups -OCH3 is 1. The lowest BCUT2D eigenvalue weighted by Gasteiger charge is -2.21. The first-order valence-corrected chi connectivity index (χ1v) is 6.28. The molecule has 1 unspecified atom stereocenters. The third kappa shape index (κ3) is 4.13. The number of rotatable bonds is 6. The van der Waals surface area contributed by atoms with Crippen molar-refractivity contribution in [3.8, 4) is 11.5 Å².